The Bertz CT molecular complexity index is 835. The molecule has 6 nitrogen and oxygen atoms in total. The average molecular weight is 376 g/mol. The van der Waals surface area contributed by atoms with Crippen molar-refractivity contribution in [3.63, 3.8) is 0 Å². The Hall–Kier alpha value is -2.34. The van der Waals surface area contributed by atoms with Crippen LogP contribution in [0.3, 0.4) is 0 Å². The second kappa shape index (κ2) is 8.36. The Balaban J connectivity index is 1.40. The number of hydrogen-bond acceptors (Lipinski definition) is 5. The van der Waals surface area contributed by atoms with Gasteiger partial charge in [-0.25, -0.2) is 0 Å². The van der Waals surface area contributed by atoms with Gasteiger partial charge in [0, 0.05) is 37.6 Å². The van der Waals surface area contributed by atoms with Crippen LogP contribution in [-0.2, 0) is 11.2 Å². The second-order valence-electron chi connectivity index (χ2n) is 6.48. The van der Waals surface area contributed by atoms with Crippen LogP contribution in [0.2, 0.25) is 5.02 Å². The molecule has 0 atom stereocenters. The van der Waals surface area contributed by atoms with E-state index in [4.69, 9.17) is 11.6 Å². The zero-order chi connectivity index (χ0) is 18.5. The van der Waals surface area contributed by atoms with Gasteiger partial charge in [-0.15, -0.1) is 0 Å². The van der Waals surface area contributed by atoms with Crippen molar-refractivity contribution < 1.29 is 4.79 Å². The number of nitrogens with zero attached hydrogens (tertiary/aromatic N) is 1. The Morgan fingerprint density at radius 3 is 2.42 bits per heavy atom. The van der Waals surface area contributed by atoms with Gasteiger partial charge < -0.3 is 15.5 Å². The molecule has 2 N–H and O–H groups in total. The van der Waals surface area contributed by atoms with Gasteiger partial charge in [0.25, 0.3) is 10.9 Å². The molecule has 0 aliphatic carbocycles. The SMILES string of the molecule is O=C(CCNc1c(N2CCCC2)c(=O)c1=O)NCCc1ccc(Cl)cc1. The first kappa shape index (κ1) is 18.5. The third-order valence-corrected chi connectivity index (χ3v) is 4.86. The third-order valence-electron chi connectivity index (χ3n) is 4.61. The number of carbonyl (C=O) groups is 1. The lowest BCUT2D eigenvalue weighted by Crippen LogP contribution is -2.42. The van der Waals surface area contributed by atoms with E-state index < -0.39 is 10.9 Å². The van der Waals surface area contributed by atoms with Gasteiger partial charge in [-0.2, -0.15) is 0 Å². The predicted molar refractivity (Wildman–Crippen MR) is 104 cm³/mol. The zero-order valence-corrected chi connectivity index (χ0v) is 15.3. The van der Waals surface area contributed by atoms with Gasteiger partial charge in [0.2, 0.25) is 5.91 Å². The molecule has 1 heterocycles. The minimum atomic E-state index is -0.477. The summed E-state index contributed by atoms with van der Waals surface area (Å²) in [5.74, 6) is -0.0899. The normalized spacial score (nSPS) is 14.0. The van der Waals surface area contributed by atoms with Crippen molar-refractivity contribution in [3.8, 4) is 0 Å². The highest BCUT2D eigenvalue weighted by Crippen LogP contribution is 2.24. The fourth-order valence-corrected chi connectivity index (χ4v) is 3.30. The molecule has 1 aliphatic rings. The minimum absolute atomic E-state index is 0.0899. The van der Waals surface area contributed by atoms with E-state index in [-0.39, 0.29) is 12.3 Å². The summed E-state index contributed by atoms with van der Waals surface area (Å²) in [5, 5.41) is 6.51. The van der Waals surface area contributed by atoms with E-state index in [0.717, 1.165) is 37.9 Å². The maximum Gasteiger partial charge on any atom is 0.253 e. The molecule has 3 rings (SSSR count). The van der Waals surface area contributed by atoms with Crippen LogP contribution in [0.4, 0.5) is 11.4 Å². The van der Waals surface area contributed by atoms with Gasteiger partial charge in [0.1, 0.15) is 11.4 Å². The van der Waals surface area contributed by atoms with E-state index in [2.05, 4.69) is 10.6 Å². The standard InChI is InChI=1S/C19H22ClN3O3/c20-14-5-3-13(4-6-14)7-9-21-15(24)8-10-22-16-17(19(26)18(16)25)23-11-1-2-12-23/h3-6,22H,1-2,7-12H2,(H,21,24). The van der Waals surface area contributed by atoms with E-state index in [1.54, 1.807) is 0 Å². The monoisotopic (exact) mass is 375 g/mol. The van der Waals surface area contributed by atoms with Crippen LogP contribution in [0, 0.1) is 0 Å². The molecule has 1 saturated heterocycles. The highest BCUT2D eigenvalue weighted by atomic mass is 35.5. The van der Waals surface area contributed by atoms with Crippen LogP contribution in [0.15, 0.2) is 33.9 Å². The summed E-state index contributed by atoms with van der Waals surface area (Å²) in [7, 11) is 0. The Labute approximate surface area is 156 Å². The maximum atomic E-state index is 11.9. The number of amides is 1. The summed E-state index contributed by atoms with van der Waals surface area (Å²) in [6.45, 7) is 2.49. The molecule has 2 aromatic carbocycles. The Morgan fingerprint density at radius 2 is 1.73 bits per heavy atom. The molecule has 0 spiro atoms. The molecule has 1 amide bonds. The van der Waals surface area contributed by atoms with Crippen LogP contribution in [0.1, 0.15) is 24.8 Å². The van der Waals surface area contributed by atoms with E-state index in [9.17, 15) is 14.4 Å². The summed E-state index contributed by atoms with van der Waals surface area (Å²) in [6.07, 6.45) is 3.05. The molecule has 138 valence electrons. The maximum absolute atomic E-state index is 11.9. The Kier molecular flexibility index (Phi) is 5.93. The van der Waals surface area contributed by atoms with Crippen molar-refractivity contribution in [2.24, 2.45) is 0 Å². The molecule has 26 heavy (non-hydrogen) atoms. The minimum Gasteiger partial charge on any atom is -0.379 e. The van der Waals surface area contributed by atoms with E-state index in [1.165, 1.54) is 0 Å². The first-order chi connectivity index (χ1) is 12.6. The smallest absolute Gasteiger partial charge is 0.253 e. The lowest BCUT2D eigenvalue weighted by Gasteiger charge is -2.22. The third kappa shape index (κ3) is 4.25. The van der Waals surface area contributed by atoms with Crippen molar-refractivity contribution in [1.29, 1.82) is 0 Å². The summed E-state index contributed by atoms with van der Waals surface area (Å²) in [6, 6.07) is 7.51. The molecule has 0 bridgehead atoms. The van der Waals surface area contributed by atoms with Gasteiger partial charge in [0.05, 0.1) is 0 Å². The fraction of sp³-hybridized carbons (Fsp3) is 0.421. The van der Waals surface area contributed by atoms with E-state index >= 15 is 0 Å². The van der Waals surface area contributed by atoms with Gasteiger partial charge in [-0.05, 0) is 37.0 Å². The van der Waals surface area contributed by atoms with E-state index in [0.29, 0.717) is 29.5 Å². The van der Waals surface area contributed by atoms with Crippen molar-refractivity contribution in [3.05, 3.63) is 55.3 Å². The van der Waals surface area contributed by atoms with Crippen LogP contribution in [0.25, 0.3) is 0 Å². The predicted octanol–water partition coefficient (Wildman–Crippen LogP) is 1.70. The molecule has 1 fully saturated rings. The topological polar surface area (TPSA) is 78.5 Å². The molecular formula is C19H22ClN3O3. The van der Waals surface area contributed by atoms with Crippen LogP contribution in [0.5, 0.6) is 0 Å². The Morgan fingerprint density at radius 1 is 1.04 bits per heavy atom. The number of benzene rings is 1. The first-order valence-corrected chi connectivity index (χ1v) is 9.27. The molecule has 0 unspecified atom stereocenters. The van der Waals surface area contributed by atoms with Gasteiger partial charge in [0.15, 0.2) is 0 Å². The van der Waals surface area contributed by atoms with Gasteiger partial charge >= 0.3 is 0 Å². The quantitative estimate of drug-likeness (QED) is 0.686. The highest BCUT2D eigenvalue weighted by Gasteiger charge is 2.27. The zero-order valence-electron chi connectivity index (χ0n) is 14.5. The van der Waals surface area contributed by atoms with E-state index in [1.807, 2.05) is 29.2 Å². The molecule has 1 aliphatic heterocycles. The largest absolute Gasteiger partial charge is 0.379 e. The van der Waals surface area contributed by atoms with Gasteiger partial charge in [-0.3, -0.25) is 14.4 Å². The lowest BCUT2D eigenvalue weighted by atomic mass is 10.1. The number of carbonyl (C=O) groups excluding carboxylic acids is 1. The van der Waals surface area contributed by atoms with Crippen LogP contribution < -0.4 is 26.4 Å². The molecule has 0 radical (unpaired) electrons. The molecule has 0 aromatic heterocycles. The summed E-state index contributed by atoms with van der Waals surface area (Å²) in [5.41, 5.74) is 1.07. The van der Waals surface area contributed by atoms with Crippen LogP contribution >= 0.6 is 11.6 Å². The number of halogens is 1. The summed E-state index contributed by atoms with van der Waals surface area (Å²) < 4.78 is 0. The molecule has 2 aromatic rings. The second-order valence-corrected chi connectivity index (χ2v) is 6.92. The summed E-state index contributed by atoms with van der Waals surface area (Å²) >= 11 is 5.84. The highest BCUT2D eigenvalue weighted by molar-refractivity contribution is 6.30. The number of hydrogen-bond donors (Lipinski definition) is 2. The number of rotatable bonds is 8. The van der Waals surface area contributed by atoms with Crippen molar-refractivity contribution in [2.75, 3.05) is 36.4 Å². The molecule has 7 heteroatoms. The van der Waals surface area contributed by atoms with Crippen molar-refractivity contribution in [1.82, 2.24) is 5.32 Å². The average Bonchev–Trinajstić information content (AvgIpc) is 3.16. The van der Waals surface area contributed by atoms with Crippen LogP contribution in [-0.4, -0.2) is 32.1 Å². The number of anilines is 2. The molecule has 0 saturated carbocycles. The number of nitrogens with one attached hydrogen (secondary N) is 2. The van der Waals surface area contributed by atoms with Crippen molar-refractivity contribution >= 4 is 28.9 Å². The lowest BCUT2D eigenvalue weighted by molar-refractivity contribution is -0.120. The summed E-state index contributed by atoms with van der Waals surface area (Å²) in [4.78, 5) is 37.4. The fourth-order valence-electron chi connectivity index (χ4n) is 3.17. The molecular weight excluding hydrogens is 354 g/mol. The van der Waals surface area contributed by atoms with Gasteiger partial charge in [-0.1, -0.05) is 23.7 Å². The first-order valence-electron chi connectivity index (χ1n) is 8.89. The van der Waals surface area contributed by atoms with Crippen molar-refractivity contribution in [2.45, 2.75) is 25.7 Å².